The van der Waals surface area contributed by atoms with Crippen LogP contribution in [0.25, 0.3) is 0 Å². The second-order valence-corrected chi connectivity index (χ2v) is 16.9. The summed E-state index contributed by atoms with van der Waals surface area (Å²) < 4.78 is 22.7. The Labute approximate surface area is 323 Å². The van der Waals surface area contributed by atoms with Crippen molar-refractivity contribution in [2.45, 2.75) is 106 Å². The summed E-state index contributed by atoms with van der Waals surface area (Å²) >= 11 is 0. The number of benzene rings is 2. The molecule has 0 aromatic heterocycles. The summed E-state index contributed by atoms with van der Waals surface area (Å²) in [6.45, 7) is 18.4. The third kappa shape index (κ3) is 12.0. The van der Waals surface area contributed by atoms with Crippen molar-refractivity contribution in [2.24, 2.45) is 23.7 Å². The molecule has 12 heteroatoms. The molecule has 2 N–H and O–H groups in total. The molecule has 2 amide bonds. The highest BCUT2D eigenvalue weighted by molar-refractivity contribution is 5.98. The highest BCUT2D eigenvalue weighted by atomic mass is 16.6. The van der Waals surface area contributed by atoms with Gasteiger partial charge in [0.25, 0.3) is 11.8 Å². The second-order valence-electron chi connectivity index (χ2n) is 16.9. The zero-order valence-electron chi connectivity index (χ0n) is 34.0. The van der Waals surface area contributed by atoms with Crippen molar-refractivity contribution < 1.29 is 37.8 Å². The Hall–Kier alpha value is -3.58. The smallest absolute Gasteiger partial charge is 0.283 e. The van der Waals surface area contributed by atoms with Gasteiger partial charge in [-0.05, 0) is 73.6 Å². The number of hydrogen-bond acceptors (Lipinski definition) is 8. The molecule has 0 radical (unpaired) electrons. The molecule has 54 heavy (non-hydrogen) atoms. The maximum absolute atomic E-state index is 14.7. The van der Waals surface area contributed by atoms with Gasteiger partial charge >= 0.3 is 0 Å². The van der Waals surface area contributed by atoms with Gasteiger partial charge in [-0.15, -0.1) is 0 Å². The first-order chi connectivity index (χ1) is 25.6. The van der Waals surface area contributed by atoms with Gasteiger partial charge in [0.2, 0.25) is 0 Å². The normalized spacial score (nSPS) is 23.1. The summed E-state index contributed by atoms with van der Waals surface area (Å²) in [5.41, 5.74) is 0.825. The number of ether oxygens (including phenoxy) is 4. The van der Waals surface area contributed by atoms with E-state index in [1.807, 2.05) is 67.5 Å². The number of carbonyl (C=O) groups is 2. The number of nitrogens with one attached hydrogen (secondary N) is 2. The minimum absolute atomic E-state index is 0.0790. The Morgan fingerprint density at radius 1 is 0.574 bits per heavy atom. The van der Waals surface area contributed by atoms with Crippen molar-refractivity contribution in [3.63, 3.8) is 0 Å². The van der Waals surface area contributed by atoms with E-state index in [1.54, 1.807) is 24.3 Å². The molecule has 302 valence electrons. The van der Waals surface area contributed by atoms with Gasteiger partial charge in [0.05, 0.1) is 39.5 Å². The van der Waals surface area contributed by atoms with E-state index in [0.717, 1.165) is 12.8 Å². The van der Waals surface area contributed by atoms with Crippen LogP contribution >= 0.6 is 0 Å². The second kappa shape index (κ2) is 19.8. The van der Waals surface area contributed by atoms with Crippen LogP contribution in [0.2, 0.25) is 0 Å². The van der Waals surface area contributed by atoms with Crippen LogP contribution in [0.4, 0.5) is 11.4 Å². The monoisotopic (exact) mass is 754 g/mol. The fraction of sp³-hybridized carbons (Fsp3) is 0.667. The molecule has 2 aliphatic rings. The lowest BCUT2D eigenvalue weighted by molar-refractivity contribution is -0.955. The van der Waals surface area contributed by atoms with E-state index in [9.17, 15) is 20.0 Å². The maximum Gasteiger partial charge on any atom is 0.283 e. The Balaban J connectivity index is 1.54. The standard InChI is InChI=1S/C42H66N4O8/c1-29(2)25-51-35-17-13-18-36(52-26-30(3)4)39(35)43-41(47)33-15-9-11-21-45(33,49)23-24-46(50)22-12-10-16-34(46)42(48)44-40-37(53-27-31(5)6)19-14-20-38(40)54-28-32(7)8/h13-14,17-20,29-34H,9-12,15-16,21-28H2,1-8H3,(H,43,47)(H,44,48)/t33-,34-,45+,46+/m0/s1. The summed E-state index contributed by atoms with van der Waals surface area (Å²) in [5, 5.41) is 35.5. The van der Waals surface area contributed by atoms with E-state index in [-0.39, 0.29) is 49.9 Å². The molecule has 12 nitrogen and oxygen atoms in total. The zero-order valence-corrected chi connectivity index (χ0v) is 34.0. The molecule has 2 aromatic carbocycles. The number of nitrogens with zero attached hydrogens (tertiary/aromatic N) is 2. The number of hydrogen-bond donors (Lipinski definition) is 2. The van der Waals surface area contributed by atoms with Crippen LogP contribution in [0.1, 0.15) is 93.9 Å². The number of piperidine rings is 2. The molecule has 4 rings (SSSR count). The SMILES string of the molecule is CC(C)COc1cccc(OCC(C)C)c1NC(=O)[C@@H]1CCCC[N@@+]1([O-])CC[N@+]1([O-])CCCC[C@H]1C(=O)Nc1c(OCC(C)C)cccc1OCC(C)C. The van der Waals surface area contributed by atoms with E-state index < -0.39 is 33.2 Å². The Morgan fingerprint density at radius 2 is 0.870 bits per heavy atom. The molecule has 4 atom stereocenters. The fourth-order valence-corrected chi connectivity index (χ4v) is 6.97. The lowest BCUT2D eigenvalue weighted by Gasteiger charge is -2.55. The van der Waals surface area contributed by atoms with Gasteiger partial charge in [-0.25, -0.2) is 0 Å². The van der Waals surface area contributed by atoms with E-state index in [0.29, 0.717) is 86.5 Å². The molecular weight excluding hydrogens is 688 g/mol. The number of amides is 2. The molecule has 0 bridgehead atoms. The summed E-state index contributed by atoms with van der Waals surface area (Å²) in [7, 11) is 0. The van der Waals surface area contributed by atoms with Gasteiger partial charge in [0, 0.05) is 12.8 Å². The lowest BCUT2D eigenvalue weighted by Crippen LogP contribution is -2.65. The number of rotatable bonds is 19. The third-order valence-electron chi connectivity index (χ3n) is 9.89. The minimum Gasteiger partial charge on any atom is -0.632 e. The van der Waals surface area contributed by atoms with Crippen LogP contribution in [-0.2, 0) is 9.59 Å². The van der Waals surface area contributed by atoms with Crippen LogP contribution in [0.3, 0.4) is 0 Å². The molecule has 2 aliphatic heterocycles. The fourth-order valence-electron chi connectivity index (χ4n) is 6.97. The third-order valence-corrected chi connectivity index (χ3v) is 9.89. The highest BCUT2D eigenvalue weighted by Crippen LogP contribution is 2.39. The van der Waals surface area contributed by atoms with Crippen LogP contribution < -0.4 is 29.6 Å². The summed E-state index contributed by atoms with van der Waals surface area (Å²) in [5.74, 6) is 2.13. The first-order valence-corrected chi connectivity index (χ1v) is 20.2. The Bertz CT molecular complexity index is 1350. The van der Waals surface area contributed by atoms with Gasteiger partial charge in [-0.1, -0.05) is 67.5 Å². The number of carbonyl (C=O) groups excluding carboxylic acids is 2. The summed E-state index contributed by atoms with van der Waals surface area (Å²) in [6.07, 6.45) is 3.54. The number of likely N-dealkylation sites (tertiary alicyclic amines) is 2. The molecule has 2 heterocycles. The topological polar surface area (TPSA) is 141 Å². The number of hydroxylamine groups is 6. The van der Waals surface area contributed by atoms with E-state index in [4.69, 9.17) is 18.9 Å². The van der Waals surface area contributed by atoms with Crippen LogP contribution in [-0.4, -0.2) is 85.8 Å². The number of para-hydroxylation sites is 2. The van der Waals surface area contributed by atoms with Crippen molar-refractivity contribution in [1.82, 2.24) is 0 Å². The van der Waals surface area contributed by atoms with Gasteiger partial charge in [-0.3, -0.25) is 9.59 Å². The van der Waals surface area contributed by atoms with Crippen molar-refractivity contribution >= 4 is 23.2 Å². The van der Waals surface area contributed by atoms with Crippen molar-refractivity contribution in [3.05, 3.63) is 46.8 Å². The molecule has 0 aliphatic carbocycles. The molecule has 2 aromatic rings. The Kier molecular flexibility index (Phi) is 15.9. The highest BCUT2D eigenvalue weighted by Gasteiger charge is 2.43. The van der Waals surface area contributed by atoms with E-state index in [2.05, 4.69) is 10.6 Å². The van der Waals surface area contributed by atoms with Gasteiger partial charge in [0.1, 0.15) is 47.5 Å². The van der Waals surface area contributed by atoms with Gasteiger partial charge in [0.15, 0.2) is 12.1 Å². The summed E-state index contributed by atoms with van der Waals surface area (Å²) in [4.78, 5) is 28.2. The molecule has 2 fully saturated rings. The number of quaternary nitrogens is 2. The van der Waals surface area contributed by atoms with E-state index in [1.165, 1.54) is 0 Å². The van der Waals surface area contributed by atoms with Crippen molar-refractivity contribution in [3.8, 4) is 23.0 Å². The van der Waals surface area contributed by atoms with Crippen molar-refractivity contribution in [2.75, 3.05) is 63.2 Å². The first kappa shape index (κ1) is 43.2. The average Bonchev–Trinajstić information content (AvgIpc) is 3.12. The molecule has 2 saturated heterocycles. The number of anilines is 2. The molecule has 0 saturated carbocycles. The van der Waals surface area contributed by atoms with Crippen LogP contribution in [0, 0.1) is 34.1 Å². The predicted octanol–water partition coefficient (Wildman–Crippen LogP) is 8.14. The summed E-state index contributed by atoms with van der Waals surface area (Å²) in [6, 6.07) is 8.98. The van der Waals surface area contributed by atoms with Gasteiger partial charge < -0.3 is 49.3 Å². The molecular formula is C42H66N4O8. The predicted molar refractivity (Wildman–Crippen MR) is 213 cm³/mol. The largest absolute Gasteiger partial charge is 0.632 e. The van der Waals surface area contributed by atoms with Crippen molar-refractivity contribution in [1.29, 1.82) is 0 Å². The quantitative estimate of drug-likeness (QED) is 0.108. The average molecular weight is 755 g/mol. The lowest BCUT2D eigenvalue weighted by atomic mass is 9.98. The van der Waals surface area contributed by atoms with Crippen LogP contribution in [0.5, 0.6) is 23.0 Å². The molecule has 0 spiro atoms. The van der Waals surface area contributed by atoms with Crippen LogP contribution in [0.15, 0.2) is 36.4 Å². The Morgan fingerprint density at radius 3 is 1.15 bits per heavy atom. The molecule has 0 unspecified atom stereocenters. The minimum atomic E-state index is -0.927. The zero-order chi connectivity index (χ0) is 39.5. The first-order valence-electron chi connectivity index (χ1n) is 20.2. The van der Waals surface area contributed by atoms with Gasteiger partial charge in [-0.2, -0.15) is 0 Å². The maximum atomic E-state index is 14.7. The van der Waals surface area contributed by atoms with E-state index >= 15 is 0 Å².